The molecule has 0 radical (unpaired) electrons. The number of aromatic nitrogens is 3. The van der Waals surface area contributed by atoms with Crippen molar-refractivity contribution in [3.05, 3.63) is 78.4 Å². The number of anilines is 1. The topological polar surface area (TPSA) is 63.0 Å². The lowest BCUT2D eigenvalue weighted by atomic mass is 10.1. The fraction of sp³-hybridized carbons (Fsp3) is 0.240. The SMILES string of the molecule is CCOc1ccccc1N1CCN(C(=O)c2cnn3c(-c4ccccc4F)ccnc23)CC1. The molecule has 1 fully saturated rings. The third kappa shape index (κ3) is 3.88. The molecule has 2 aromatic heterocycles. The Morgan fingerprint density at radius 3 is 2.58 bits per heavy atom. The van der Waals surface area contributed by atoms with Crippen LogP contribution < -0.4 is 9.64 Å². The van der Waals surface area contributed by atoms with Crippen LogP contribution in [-0.4, -0.2) is 58.2 Å². The van der Waals surface area contributed by atoms with Gasteiger partial charge in [-0.3, -0.25) is 4.79 Å². The van der Waals surface area contributed by atoms with Crippen molar-refractivity contribution in [3.8, 4) is 17.0 Å². The molecule has 1 amide bonds. The predicted molar refractivity (Wildman–Crippen MR) is 124 cm³/mol. The van der Waals surface area contributed by atoms with Gasteiger partial charge in [-0.05, 0) is 37.3 Å². The van der Waals surface area contributed by atoms with E-state index in [0.717, 1.165) is 11.4 Å². The molecule has 2 aromatic carbocycles. The third-order valence-electron chi connectivity index (χ3n) is 5.85. The van der Waals surface area contributed by atoms with Gasteiger partial charge in [0.25, 0.3) is 5.91 Å². The number of fused-ring (bicyclic) bond motifs is 1. The molecule has 0 atom stereocenters. The first-order valence-corrected chi connectivity index (χ1v) is 11.0. The number of benzene rings is 2. The van der Waals surface area contributed by atoms with Gasteiger partial charge in [0.05, 0.1) is 24.2 Å². The minimum Gasteiger partial charge on any atom is -0.492 e. The average molecular weight is 445 g/mol. The zero-order valence-electron chi connectivity index (χ0n) is 18.3. The standard InChI is InChI=1S/C25H24FN5O2/c1-2-33-23-10-6-5-9-22(23)29-13-15-30(16-14-29)25(32)19-17-28-31-21(11-12-27-24(19)31)18-7-3-4-8-20(18)26/h3-12,17H,2,13-16H2,1H3. The molecule has 0 saturated carbocycles. The molecule has 1 saturated heterocycles. The largest absolute Gasteiger partial charge is 0.492 e. The Balaban J connectivity index is 1.37. The van der Waals surface area contributed by atoms with E-state index in [-0.39, 0.29) is 11.7 Å². The highest BCUT2D eigenvalue weighted by atomic mass is 19.1. The van der Waals surface area contributed by atoms with Crippen LogP contribution in [0, 0.1) is 5.82 Å². The van der Waals surface area contributed by atoms with Crippen LogP contribution in [0.1, 0.15) is 17.3 Å². The maximum Gasteiger partial charge on any atom is 0.259 e. The Morgan fingerprint density at radius 1 is 1.03 bits per heavy atom. The molecular formula is C25H24FN5O2. The second-order valence-electron chi connectivity index (χ2n) is 7.78. The van der Waals surface area contributed by atoms with Gasteiger partial charge in [0.1, 0.15) is 17.1 Å². The minimum absolute atomic E-state index is 0.124. The van der Waals surface area contributed by atoms with Gasteiger partial charge >= 0.3 is 0 Å². The minimum atomic E-state index is -0.350. The lowest BCUT2D eigenvalue weighted by Crippen LogP contribution is -2.48. The molecule has 4 aromatic rings. The normalized spacial score (nSPS) is 14.0. The summed E-state index contributed by atoms with van der Waals surface area (Å²) in [6.07, 6.45) is 3.10. The smallest absolute Gasteiger partial charge is 0.259 e. The van der Waals surface area contributed by atoms with Crippen LogP contribution in [0.2, 0.25) is 0 Å². The third-order valence-corrected chi connectivity index (χ3v) is 5.85. The van der Waals surface area contributed by atoms with Crippen molar-refractivity contribution < 1.29 is 13.9 Å². The molecule has 0 unspecified atom stereocenters. The van der Waals surface area contributed by atoms with E-state index < -0.39 is 0 Å². The molecule has 8 heteroatoms. The number of hydrogen-bond acceptors (Lipinski definition) is 5. The Labute approximate surface area is 191 Å². The summed E-state index contributed by atoms with van der Waals surface area (Å²) in [5.41, 5.74) is 2.84. The fourth-order valence-electron chi connectivity index (χ4n) is 4.23. The second-order valence-corrected chi connectivity index (χ2v) is 7.78. The van der Waals surface area contributed by atoms with Crippen molar-refractivity contribution >= 4 is 17.2 Å². The molecule has 0 spiro atoms. The van der Waals surface area contributed by atoms with Crippen molar-refractivity contribution in [2.45, 2.75) is 6.92 Å². The molecule has 0 bridgehead atoms. The molecule has 7 nitrogen and oxygen atoms in total. The number of carbonyl (C=O) groups excluding carboxylic acids is 1. The monoisotopic (exact) mass is 445 g/mol. The van der Waals surface area contributed by atoms with Crippen molar-refractivity contribution in [2.75, 3.05) is 37.7 Å². The van der Waals surface area contributed by atoms with E-state index in [0.29, 0.717) is 55.3 Å². The van der Waals surface area contributed by atoms with Gasteiger partial charge in [-0.25, -0.2) is 13.9 Å². The predicted octanol–water partition coefficient (Wildman–Crippen LogP) is 3.90. The number of ether oxygens (including phenoxy) is 1. The van der Waals surface area contributed by atoms with E-state index in [1.807, 2.05) is 36.1 Å². The van der Waals surface area contributed by atoms with E-state index in [4.69, 9.17) is 4.74 Å². The highest BCUT2D eigenvalue weighted by molar-refractivity contribution is 6.00. The van der Waals surface area contributed by atoms with E-state index >= 15 is 0 Å². The maximum atomic E-state index is 14.4. The highest BCUT2D eigenvalue weighted by Crippen LogP contribution is 2.29. The van der Waals surface area contributed by atoms with E-state index in [9.17, 15) is 9.18 Å². The van der Waals surface area contributed by atoms with E-state index in [1.54, 1.807) is 30.5 Å². The number of nitrogens with zero attached hydrogens (tertiary/aromatic N) is 5. The van der Waals surface area contributed by atoms with Crippen LogP contribution in [0.4, 0.5) is 10.1 Å². The van der Waals surface area contributed by atoms with Gasteiger partial charge in [0.15, 0.2) is 5.65 Å². The molecule has 3 heterocycles. The van der Waals surface area contributed by atoms with Crippen LogP contribution in [0.15, 0.2) is 67.0 Å². The molecule has 5 rings (SSSR count). The average Bonchev–Trinajstić information content (AvgIpc) is 3.29. The number of hydrogen-bond donors (Lipinski definition) is 0. The summed E-state index contributed by atoms with van der Waals surface area (Å²) in [5, 5.41) is 4.36. The molecule has 168 valence electrons. The Bertz CT molecular complexity index is 1300. The quantitative estimate of drug-likeness (QED) is 0.466. The molecule has 33 heavy (non-hydrogen) atoms. The Kier molecular flexibility index (Phi) is 5.64. The second kappa shape index (κ2) is 8.90. The van der Waals surface area contributed by atoms with Gasteiger partial charge < -0.3 is 14.5 Å². The summed E-state index contributed by atoms with van der Waals surface area (Å²) in [6.45, 7) is 5.11. The first-order chi connectivity index (χ1) is 16.2. The summed E-state index contributed by atoms with van der Waals surface area (Å²) in [5.74, 6) is 0.380. The highest BCUT2D eigenvalue weighted by Gasteiger charge is 2.26. The van der Waals surface area contributed by atoms with Crippen molar-refractivity contribution in [2.24, 2.45) is 0 Å². The van der Waals surface area contributed by atoms with Crippen LogP contribution in [0.5, 0.6) is 5.75 Å². The molecule has 0 N–H and O–H groups in total. The Morgan fingerprint density at radius 2 is 1.79 bits per heavy atom. The van der Waals surface area contributed by atoms with Gasteiger partial charge in [0.2, 0.25) is 0 Å². The van der Waals surface area contributed by atoms with Crippen LogP contribution in [0.3, 0.4) is 0 Å². The number of carbonyl (C=O) groups is 1. The summed E-state index contributed by atoms with van der Waals surface area (Å²) in [6, 6.07) is 16.2. The number of para-hydroxylation sites is 2. The Hall–Kier alpha value is -3.94. The summed E-state index contributed by atoms with van der Waals surface area (Å²) >= 11 is 0. The summed E-state index contributed by atoms with van der Waals surface area (Å²) in [4.78, 5) is 21.7. The van der Waals surface area contributed by atoms with Crippen LogP contribution in [0.25, 0.3) is 16.9 Å². The van der Waals surface area contributed by atoms with Gasteiger partial charge in [-0.2, -0.15) is 5.10 Å². The van der Waals surface area contributed by atoms with Gasteiger partial charge in [-0.15, -0.1) is 0 Å². The summed E-state index contributed by atoms with van der Waals surface area (Å²) < 4.78 is 21.7. The lowest BCUT2D eigenvalue weighted by Gasteiger charge is -2.36. The zero-order valence-corrected chi connectivity index (χ0v) is 18.3. The lowest BCUT2D eigenvalue weighted by molar-refractivity contribution is 0.0748. The van der Waals surface area contributed by atoms with E-state index in [2.05, 4.69) is 15.0 Å². The molecule has 1 aliphatic rings. The first kappa shape index (κ1) is 20.9. The molecular weight excluding hydrogens is 421 g/mol. The zero-order chi connectivity index (χ0) is 22.8. The molecule has 0 aliphatic carbocycles. The van der Waals surface area contributed by atoms with E-state index in [1.165, 1.54) is 16.8 Å². The van der Waals surface area contributed by atoms with Crippen molar-refractivity contribution in [1.82, 2.24) is 19.5 Å². The number of rotatable bonds is 5. The maximum absolute atomic E-state index is 14.4. The first-order valence-electron chi connectivity index (χ1n) is 11.0. The number of halogens is 1. The fourth-order valence-corrected chi connectivity index (χ4v) is 4.23. The number of amides is 1. The van der Waals surface area contributed by atoms with Gasteiger partial charge in [-0.1, -0.05) is 24.3 Å². The van der Waals surface area contributed by atoms with Crippen LogP contribution >= 0.6 is 0 Å². The van der Waals surface area contributed by atoms with Crippen LogP contribution in [-0.2, 0) is 0 Å². The number of piperazine rings is 1. The summed E-state index contributed by atoms with van der Waals surface area (Å²) in [7, 11) is 0. The van der Waals surface area contributed by atoms with Gasteiger partial charge in [0, 0.05) is 37.9 Å². The molecule has 1 aliphatic heterocycles. The van der Waals surface area contributed by atoms with Crippen molar-refractivity contribution in [3.63, 3.8) is 0 Å². The van der Waals surface area contributed by atoms with Crippen molar-refractivity contribution in [1.29, 1.82) is 0 Å².